The third-order valence-electron chi connectivity index (χ3n) is 3.41. The minimum Gasteiger partial charge on any atom is -0.371 e. The summed E-state index contributed by atoms with van der Waals surface area (Å²) in [5, 5.41) is 0. The summed E-state index contributed by atoms with van der Waals surface area (Å²) < 4.78 is 0. The third-order valence-corrected chi connectivity index (χ3v) is 3.41. The van der Waals surface area contributed by atoms with Crippen LogP contribution >= 0.6 is 0 Å². The highest BCUT2D eigenvalue weighted by atomic mass is 15.2. The van der Waals surface area contributed by atoms with Gasteiger partial charge in [-0.3, -0.25) is 0 Å². The second kappa shape index (κ2) is 4.46. The number of benzene rings is 1. The van der Waals surface area contributed by atoms with Gasteiger partial charge in [-0.15, -0.1) is 0 Å². The molecule has 0 spiro atoms. The first kappa shape index (κ1) is 11.5. The summed E-state index contributed by atoms with van der Waals surface area (Å²) >= 11 is 0. The smallest absolute Gasteiger partial charge is 0.0366 e. The van der Waals surface area contributed by atoms with Gasteiger partial charge in [0.15, 0.2) is 0 Å². The lowest BCUT2D eigenvalue weighted by molar-refractivity contribution is 0.418. The standard InChI is InChI=1S/C14H22N2/c1-14(2)8-10-16(11-14)13-5-3-12(4-6-13)7-9-15/h3-6H,7-11,15H2,1-2H3. The number of anilines is 1. The molecule has 0 unspecified atom stereocenters. The molecule has 0 aromatic heterocycles. The minimum absolute atomic E-state index is 0.468. The molecule has 1 heterocycles. The van der Waals surface area contributed by atoms with Gasteiger partial charge in [-0.1, -0.05) is 26.0 Å². The Morgan fingerprint density at radius 3 is 2.44 bits per heavy atom. The molecule has 2 rings (SSSR count). The average molecular weight is 218 g/mol. The molecule has 0 amide bonds. The van der Waals surface area contributed by atoms with E-state index in [0.717, 1.165) is 13.0 Å². The van der Waals surface area contributed by atoms with Crippen LogP contribution in [-0.2, 0) is 6.42 Å². The zero-order valence-electron chi connectivity index (χ0n) is 10.4. The van der Waals surface area contributed by atoms with E-state index in [1.165, 1.54) is 30.8 Å². The van der Waals surface area contributed by atoms with Crippen LogP contribution in [0.2, 0.25) is 0 Å². The molecule has 1 aliphatic rings. The van der Waals surface area contributed by atoms with E-state index in [1.807, 2.05) is 0 Å². The van der Waals surface area contributed by atoms with E-state index in [-0.39, 0.29) is 0 Å². The predicted molar refractivity (Wildman–Crippen MR) is 69.8 cm³/mol. The number of rotatable bonds is 3. The Morgan fingerprint density at radius 2 is 1.94 bits per heavy atom. The van der Waals surface area contributed by atoms with Crippen molar-refractivity contribution in [3.8, 4) is 0 Å². The van der Waals surface area contributed by atoms with Gasteiger partial charge in [0, 0.05) is 18.8 Å². The van der Waals surface area contributed by atoms with E-state index in [4.69, 9.17) is 5.73 Å². The fourth-order valence-electron chi connectivity index (χ4n) is 2.37. The van der Waals surface area contributed by atoms with Crippen molar-refractivity contribution >= 4 is 5.69 Å². The zero-order chi connectivity index (χ0) is 11.6. The molecular weight excluding hydrogens is 196 g/mol. The van der Waals surface area contributed by atoms with Gasteiger partial charge in [0.25, 0.3) is 0 Å². The van der Waals surface area contributed by atoms with Gasteiger partial charge in [0.2, 0.25) is 0 Å². The van der Waals surface area contributed by atoms with Gasteiger partial charge in [0.05, 0.1) is 0 Å². The topological polar surface area (TPSA) is 29.3 Å². The van der Waals surface area contributed by atoms with E-state index >= 15 is 0 Å². The summed E-state index contributed by atoms with van der Waals surface area (Å²) in [5.41, 5.74) is 8.70. The molecule has 0 bridgehead atoms. The lowest BCUT2D eigenvalue weighted by atomic mass is 9.93. The van der Waals surface area contributed by atoms with Crippen LogP contribution in [0.15, 0.2) is 24.3 Å². The first-order chi connectivity index (χ1) is 7.61. The van der Waals surface area contributed by atoms with Crippen LogP contribution in [0.1, 0.15) is 25.8 Å². The number of nitrogens with two attached hydrogens (primary N) is 1. The molecule has 2 nitrogen and oxygen atoms in total. The molecule has 1 aromatic carbocycles. The maximum Gasteiger partial charge on any atom is 0.0366 e. The highest BCUT2D eigenvalue weighted by Gasteiger charge is 2.28. The van der Waals surface area contributed by atoms with Crippen molar-refractivity contribution in [2.75, 3.05) is 24.5 Å². The molecule has 88 valence electrons. The average Bonchev–Trinajstić information content (AvgIpc) is 2.61. The first-order valence-corrected chi connectivity index (χ1v) is 6.15. The van der Waals surface area contributed by atoms with Crippen molar-refractivity contribution < 1.29 is 0 Å². The number of nitrogens with zero attached hydrogens (tertiary/aromatic N) is 1. The Hall–Kier alpha value is -1.02. The van der Waals surface area contributed by atoms with E-state index in [2.05, 4.69) is 43.0 Å². The fraction of sp³-hybridized carbons (Fsp3) is 0.571. The van der Waals surface area contributed by atoms with Gasteiger partial charge in [-0.25, -0.2) is 0 Å². The van der Waals surface area contributed by atoms with Crippen LogP contribution in [0.3, 0.4) is 0 Å². The van der Waals surface area contributed by atoms with Gasteiger partial charge in [-0.05, 0) is 42.5 Å². The van der Waals surface area contributed by atoms with Crippen LogP contribution in [0.4, 0.5) is 5.69 Å². The fourth-order valence-corrected chi connectivity index (χ4v) is 2.37. The highest BCUT2D eigenvalue weighted by Crippen LogP contribution is 2.32. The van der Waals surface area contributed by atoms with Gasteiger partial charge < -0.3 is 10.6 Å². The minimum atomic E-state index is 0.468. The Balaban J connectivity index is 2.05. The third kappa shape index (κ3) is 2.56. The molecular formula is C14H22N2. The summed E-state index contributed by atoms with van der Waals surface area (Å²) in [5.74, 6) is 0. The van der Waals surface area contributed by atoms with Crippen molar-refractivity contribution in [2.24, 2.45) is 11.1 Å². The molecule has 2 heteroatoms. The Labute approximate surface area is 98.4 Å². The maximum absolute atomic E-state index is 5.55. The molecule has 16 heavy (non-hydrogen) atoms. The van der Waals surface area contributed by atoms with E-state index in [9.17, 15) is 0 Å². The van der Waals surface area contributed by atoms with E-state index in [1.54, 1.807) is 0 Å². The molecule has 1 aliphatic heterocycles. The van der Waals surface area contributed by atoms with E-state index in [0.29, 0.717) is 5.41 Å². The van der Waals surface area contributed by atoms with Gasteiger partial charge in [-0.2, -0.15) is 0 Å². The lowest BCUT2D eigenvalue weighted by Crippen LogP contribution is -2.22. The molecule has 2 N–H and O–H groups in total. The van der Waals surface area contributed by atoms with Crippen LogP contribution < -0.4 is 10.6 Å². The molecule has 0 saturated carbocycles. The van der Waals surface area contributed by atoms with Crippen molar-refractivity contribution in [3.05, 3.63) is 29.8 Å². The van der Waals surface area contributed by atoms with Crippen molar-refractivity contribution in [2.45, 2.75) is 26.7 Å². The Kier molecular flexibility index (Phi) is 3.20. The summed E-state index contributed by atoms with van der Waals surface area (Å²) in [7, 11) is 0. The summed E-state index contributed by atoms with van der Waals surface area (Å²) in [6.07, 6.45) is 2.27. The SMILES string of the molecule is CC1(C)CCN(c2ccc(CCN)cc2)C1. The van der Waals surface area contributed by atoms with Crippen LogP contribution in [-0.4, -0.2) is 19.6 Å². The first-order valence-electron chi connectivity index (χ1n) is 6.15. The normalized spacial score (nSPS) is 19.1. The summed E-state index contributed by atoms with van der Waals surface area (Å²) in [6, 6.07) is 8.86. The number of hydrogen-bond donors (Lipinski definition) is 1. The van der Waals surface area contributed by atoms with Crippen molar-refractivity contribution in [3.63, 3.8) is 0 Å². The number of hydrogen-bond acceptors (Lipinski definition) is 2. The van der Waals surface area contributed by atoms with E-state index < -0.39 is 0 Å². The predicted octanol–water partition coefficient (Wildman–Crippen LogP) is 2.42. The zero-order valence-corrected chi connectivity index (χ0v) is 10.4. The summed E-state index contributed by atoms with van der Waals surface area (Å²) in [6.45, 7) is 7.77. The van der Waals surface area contributed by atoms with Crippen LogP contribution in [0, 0.1) is 5.41 Å². The van der Waals surface area contributed by atoms with Gasteiger partial charge in [0.1, 0.15) is 0 Å². The maximum atomic E-state index is 5.55. The van der Waals surface area contributed by atoms with Crippen LogP contribution in [0.25, 0.3) is 0 Å². The van der Waals surface area contributed by atoms with Crippen LogP contribution in [0.5, 0.6) is 0 Å². The second-order valence-electron chi connectivity index (χ2n) is 5.54. The van der Waals surface area contributed by atoms with Crippen molar-refractivity contribution in [1.29, 1.82) is 0 Å². The Bertz CT molecular complexity index is 340. The molecule has 1 aromatic rings. The molecule has 1 fully saturated rings. The quantitative estimate of drug-likeness (QED) is 0.844. The Morgan fingerprint density at radius 1 is 1.25 bits per heavy atom. The highest BCUT2D eigenvalue weighted by molar-refractivity contribution is 5.48. The van der Waals surface area contributed by atoms with Gasteiger partial charge >= 0.3 is 0 Å². The molecule has 0 atom stereocenters. The summed E-state index contributed by atoms with van der Waals surface area (Å²) in [4.78, 5) is 2.48. The second-order valence-corrected chi connectivity index (χ2v) is 5.54. The molecule has 0 radical (unpaired) electrons. The van der Waals surface area contributed by atoms with Crippen molar-refractivity contribution in [1.82, 2.24) is 0 Å². The molecule has 0 aliphatic carbocycles. The monoisotopic (exact) mass is 218 g/mol. The lowest BCUT2D eigenvalue weighted by Gasteiger charge is -2.21. The molecule has 1 saturated heterocycles. The largest absolute Gasteiger partial charge is 0.371 e.